The molecule has 0 heterocycles. The van der Waals surface area contributed by atoms with Crippen molar-refractivity contribution >= 4 is 10.8 Å². The Morgan fingerprint density at radius 1 is 1.05 bits per heavy atom. The number of nitrogens with one attached hydrogen (secondary N) is 1. The first-order chi connectivity index (χ1) is 9.88. The Morgan fingerprint density at radius 2 is 1.90 bits per heavy atom. The summed E-state index contributed by atoms with van der Waals surface area (Å²) in [5.41, 5.74) is 2.98. The van der Waals surface area contributed by atoms with Crippen molar-refractivity contribution in [1.29, 1.82) is 0 Å². The quantitative estimate of drug-likeness (QED) is 0.768. The molecule has 1 nitrogen and oxygen atoms in total. The highest BCUT2D eigenvalue weighted by molar-refractivity contribution is 5.83. The van der Waals surface area contributed by atoms with Gasteiger partial charge in [-0.2, -0.15) is 0 Å². The zero-order valence-corrected chi connectivity index (χ0v) is 12.2. The molecule has 1 aliphatic carbocycles. The van der Waals surface area contributed by atoms with E-state index in [4.69, 9.17) is 0 Å². The molecule has 0 saturated heterocycles. The van der Waals surface area contributed by atoms with Crippen LogP contribution in [-0.4, -0.2) is 6.54 Å². The summed E-state index contributed by atoms with van der Waals surface area (Å²) in [5.74, 6) is 0. The fourth-order valence-corrected chi connectivity index (χ4v) is 3.18. The van der Waals surface area contributed by atoms with Crippen molar-refractivity contribution in [2.24, 2.45) is 0 Å². The Bertz CT molecular complexity index is 612. The van der Waals surface area contributed by atoms with Crippen molar-refractivity contribution < 1.29 is 0 Å². The van der Waals surface area contributed by atoms with Gasteiger partial charge in [-0.3, -0.25) is 0 Å². The largest absolute Gasteiger partial charge is 0.307 e. The number of rotatable bonds is 4. The Morgan fingerprint density at radius 3 is 2.65 bits per heavy atom. The predicted molar refractivity (Wildman–Crippen MR) is 86.9 cm³/mol. The summed E-state index contributed by atoms with van der Waals surface area (Å²) in [4.78, 5) is 0. The maximum atomic E-state index is 3.67. The number of hydrogen-bond acceptors (Lipinski definition) is 1. The summed E-state index contributed by atoms with van der Waals surface area (Å²) in [6.07, 6.45) is 7.61. The van der Waals surface area contributed by atoms with Crippen molar-refractivity contribution in [2.75, 3.05) is 6.54 Å². The minimum absolute atomic E-state index is 0.393. The van der Waals surface area contributed by atoms with E-state index >= 15 is 0 Å². The third kappa shape index (κ3) is 2.78. The second-order valence-electron chi connectivity index (χ2n) is 5.62. The highest BCUT2D eigenvalue weighted by atomic mass is 14.9. The Balaban J connectivity index is 1.97. The van der Waals surface area contributed by atoms with Gasteiger partial charge >= 0.3 is 0 Å². The molecular weight excluding hydrogens is 242 g/mol. The summed E-state index contributed by atoms with van der Waals surface area (Å²) in [6.45, 7) is 3.20. The zero-order valence-electron chi connectivity index (χ0n) is 12.2. The number of fused-ring (bicyclic) bond motifs is 1. The molecule has 0 amide bonds. The monoisotopic (exact) mass is 265 g/mol. The summed E-state index contributed by atoms with van der Waals surface area (Å²) < 4.78 is 0. The normalized spacial score (nSPS) is 16.9. The zero-order chi connectivity index (χ0) is 13.8. The van der Waals surface area contributed by atoms with Crippen LogP contribution in [0.5, 0.6) is 0 Å². The molecule has 0 aliphatic heterocycles. The maximum absolute atomic E-state index is 3.67. The summed E-state index contributed by atoms with van der Waals surface area (Å²) in [6, 6.07) is 15.9. The first-order valence-corrected chi connectivity index (χ1v) is 7.79. The van der Waals surface area contributed by atoms with Crippen molar-refractivity contribution in [3.63, 3.8) is 0 Å². The van der Waals surface area contributed by atoms with Crippen LogP contribution in [0.25, 0.3) is 10.8 Å². The fraction of sp³-hybridized carbons (Fsp3) is 0.368. The molecule has 104 valence electrons. The van der Waals surface area contributed by atoms with Crippen LogP contribution in [0.15, 0.2) is 54.1 Å². The van der Waals surface area contributed by atoms with E-state index in [1.54, 1.807) is 5.57 Å². The Hall–Kier alpha value is -1.60. The molecule has 1 unspecified atom stereocenters. The van der Waals surface area contributed by atoms with Crippen molar-refractivity contribution in [3.8, 4) is 0 Å². The van der Waals surface area contributed by atoms with Crippen molar-refractivity contribution in [3.05, 3.63) is 59.7 Å². The summed E-state index contributed by atoms with van der Waals surface area (Å²) in [7, 11) is 0. The van der Waals surface area contributed by atoms with Crippen LogP contribution in [0.4, 0.5) is 0 Å². The molecule has 1 heteroatoms. The molecule has 0 radical (unpaired) electrons. The lowest BCUT2D eigenvalue weighted by atomic mass is 9.89. The molecule has 0 bridgehead atoms. The molecular formula is C19H23N. The van der Waals surface area contributed by atoms with Gasteiger partial charge in [-0.05, 0) is 54.6 Å². The topological polar surface area (TPSA) is 12.0 Å². The average Bonchev–Trinajstić information content (AvgIpc) is 2.53. The average molecular weight is 265 g/mol. The highest BCUT2D eigenvalue weighted by Crippen LogP contribution is 2.31. The van der Waals surface area contributed by atoms with E-state index < -0.39 is 0 Å². The summed E-state index contributed by atoms with van der Waals surface area (Å²) in [5, 5.41) is 6.33. The van der Waals surface area contributed by atoms with E-state index in [0.29, 0.717) is 6.04 Å². The van der Waals surface area contributed by atoms with Gasteiger partial charge in [0.25, 0.3) is 0 Å². The minimum atomic E-state index is 0.393. The molecule has 3 rings (SSSR count). The molecule has 1 N–H and O–H groups in total. The van der Waals surface area contributed by atoms with Crippen LogP contribution >= 0.6 is 0 Å². The number of benzene rings is 2. The molecule has 2 aromatic rings. The maximum Gasteiger partial charge on any atom is 0.0536 e. The van der Waals surface area contributed by atoms with E-state index in [1.807, 2.05) is 0 Å². The second-order valence-corrected chi connectivity index (χ2v) is 5.62. The van der Waals surface area contributed by atoms with Gasteiger partial charge in [0, 0.05) is 0 Å². The van der Waals surface area contributed by atoms with E-state index in [0.717, 1.165) is 6.54 Å². The van der Waals surface area contributed by atoms with Gasteiger partial charge in [0.2, 0.25) is 0 Å². The van der Waals surface area contributed by atoms with Crippen LogP contribution in [0.2, 0.25) is 0 Å². The molecule has 2 aromatic carbocycles. The molecule has 0 saturated carbocycles. The Labute approximate surface area is 121 Å². The number of allylic oxidation sites excluding steroid dienone is 1. The number of hydrogen-bond donors (Lipinski definition) is 1. The third-order valence-electron chi connectivity index (χ3n) is 4.21. The molecule has 0 aromatic heterocycles. The van der Waals surface area contributed by atoms with Gasteiger partial charge in [0.15, 0.2) is 0 Å². The smallest absolute Gasteiger partial charge is 0.0536 e. The van der Waals surface area contributed by atoms with Gasteiger partial charge in [0.1, 0.15) is 0 Å². The molecule has 0 fully saturated rings. The van der Waals surface area contributed by atoms with Crippen LogP contribution < -0.4 is 5.32 Å². The Kier molecular flexibility index (Phi) is 4.17. The van der Waals surface area contributed by atoms with Crippen LogP contribution in [0.1, 0.15) is 44.2 Å². The van der Waals surface area contributed by atoms with Gasteiger partial charge in [-0.25, -0.2) is 0 Å². The second kappa shape index (κ2) is 6.23. The van der Waals surface area contributed by atoms with Gasteiger partial charge in [0.05, 0.1) is 6.04 Å². The lowest BCUT2D eigenvalue weighted by Gasteiger charge is -2.25. The molecule has 0 spiro atoms. The van der Waals surface area contributed by atoms with E-state index in [9.17, 15) is 0 Å². The fourth-order valence-electron chi connectivity index (χ4n) is 3.18. The van der Waals surface area contributed by atoms with Gasteiger partial charge in [-0.1, -0.05) is 55.0 Å². The van der Waals surface area contributed by atoms with Gasteiger partial charge < -0.3 is 5.32 Å². The standard InChI is InChI=1S/C19H23N/c1-2-20-19(16-9-4-3-5-10-16)18-13-12-15-8-6-7-11-17(15)14-18/h6-9,11-14,19-20H,2-5,10H2,1H3. The van der Waals surface area contributed by atoms with Crippen LogP contribution in [-0.2, 0) is 0 Å². The predicted octanol–water partition coefficient (Wildman–Crippen LogP) is 4.99. The van der Waals surface area contributed by atoms with E-state index in [1.165, 1.54) is 42.0 Å². The van der Waals surface area contributed by atoms with Crippen molar-refractivity contribution in [1.82, 2.24) is 5.32 Å². The lowest BCUT2D eigenvalue weighted by Crippen LogP contribution is -2.23. The van der Waals surface area contributed by atoms with E-state index in [2.05, 4.69) is 60.8 Å². The molecule has 20 heavy (non-hydrogen) atoms. The van der Waals surface area contributed by atoms with Crippen LogP contribution in [0, 0.1) is 0 Å². The summed E-state index contributed by atoms with van der Waals surface area (Å²) >= 11 is 0. The SMILES string of the molecule is CCNC(C1=CCCCC1)c1ccc2ccccc2c1. The van der Waals surface area contributed by atoms with Crippen molar-refractivity contribution in [2.45, 2.75) is 38.6 Å². The van der Waals surface area contributed by atoms with Crippen LogP contribution in [0.3, 0.4) is 0 Å². The first kappa shape index (κ1) is 13.4. The molecule has 1 atom stereocenters. The third-order valence-corrected chi connectivity index (χ3v) is 4.21. The van der Waals surface area contributed by atoms with Gasteiger partial charge in [-0.15, -0.1) is 0 Å². The highest BCUT2D eigenvalue weighted by Gasteiger charge is 2.17. The first-order valence-electron chi connectivity index (χ1n) is 7.79. The minimum Gasteiger partial charge on any atom is -0.307 e. The molecule has 1 aliphatic rings. The number of likely N-dealkylation sites (N-methyl/N-ethyl adjacent to an activating group) is 1. The van der Waals surface area contributed by atoms with E-state index in [-0.39, 0.29) is 0 Å². The lowest BCUT2D eigenvalue weighted by molar-refractivity contribution is 0.564.